The van der Waals surface area contributed by atoms with Gasteiger partial charge >= 0.3 is 0 Å². The van der Waals surface area contributed by atoms with E-state index in [0.29, 0.717) is 5.69 Å². The molecule has 2 aliphatic rings. The van der Waals surface area contributed by atoms with Crippen LogP contribution in [0, 0.1) is 0 Å². The second-order valence-electron chi connectivity index (χ2n) is 7.12. The predicted octanol–water partition coefficient (Wildman–Crippen LogP) is 1.13. The number of hydrogen-bond donors (Lipinski definition) is 1. The van der Waals surface area contributed by atoms with E-state index in [1.807, 2.05) is 17.5 Å². The number of pyridine rings is 1. The Labute approximate surface area is 162 Å². The minimum absolute atomic E-state index is 0.0257. The Morgan fingerprint density at radius 1 is 1.30 bits per heavy atom. The molecule has 144 valence electrons. The standard InChI is InChI=1S/C18H22N4O3S2/c23-17(8-14-10-26-18(20-14)13-4-3-5-19-9-13)21-15-11-27(24,25)12-16(15)22-6-1-2-7-22/h3-5,9-10,15-16H,1-2,6-8,11-12H2,(H,21,23). The van der Waals surface area contributed by atoms with Gasteiger partial charge in [-0.05, 0) is 38.1 Å². The molecule has 9 heteroatoms. The summed E-state index contributed by atoms with van der Waals surface area (Å²) in [5.41, 5.74) is 1.61. The number of nitrogens with one attached hydrogen (secondary N) is 1. The van der Waals surface area contributed by atoms with Crippen molar-refractivity contribution in [3.05, 3.63) is 35.6 Å². The van der Waals surface area contributed by atoms with Crippen LogP contribution in [0.15, 0.2) is 29.9 Å². The van der Waals surface area contributed by atoms with Gasteiger partial charge in [-0.2, -0.15) is 0 Å². The zero-order valence-electron chi connectivity index (χ0n) is 14.9. The molecule has 2 aromatic heterocycles. The van der Waals surface area contributed by atoms with Crippen molar-refractivity contribution in [2.75, 3.05) is 24.6 Å². The highest BCUT2D eigenvalue weighted by Crippen LogP contribution is 2.24. The molecule has 1 N–H and O–H groups in total. The fraction of sp³-hybridized carbons (Fsp3) is 0.500. The molecule has 0 radical (unpaired) electrons. The molecule has 0 aromatic carbocycles. The second kappa shape index (κ2) is 7.65. The summed E-state index contributed by atoms with van der Waals surface area (Å²) in [6.45, 7) is 1.82. The number of rotatable bonds is 5. The Hall–Kier alpha value is -1.84. The third-order valence-corrected chi connectivity index (χ3v) is 7.74. The van der Waals surface area contributed by atoms with Gasteiger partial charge in [-0.25, -0.2) is 13.4 Å². The molecule has 7 nitrogen and oxygen atoms in total. The Bertz CT molecular complexity index is 908. The monoisotopic (exact) mass is 406 g/mol. The van der Waals surface area contributed by atoms with Crippen molar-refractivity contribution in [1.82, 2.24) is 20.2 Å². The largest absolute Gasteiger partial charge is 0.350 e. The molecule has 2 saturated heterocycles. The molecular formula is C18H22N4O3S2. The van der Waals surface area contributed by atoms with E-state index in [2.05, 4.69) is 20.2 Å². The van der Waals surface area contributed by atoms with E-state index in [9.17, 15) is 13.2 Å². The first kappa shape index (κ1) is 18.5. The summed E-state index contributed by atoms with van der Waals surface area (Å²) in [7, 11) is -3.11. The van der Waals surface area contributed by atoms with Gasteiger partial charge in [-0.15, -0.1) is 11.3 Å². The molecule has 27 heavy (non-hydrogen) atoms. The molecule has 0 saturated carbocycles. The molecular weight excluding hydrogens is 384 g/mol. The fourth-order valence-electron chi connectivity index (χ4n) is 3.83. The van der Waals surface area contributed by atoms with Crippen LogP contribution in [0.1, 0.15) is 18.5 Å². The highest BCUT2D eigenvalue weighted by atomic mass is 32.2. The van der Waals surface area contributed by atoms with E-state index in [1.54, 1.807) is 12.4 Å². The van der Waals surface area contributed by atoms with E-state index in [-0.39, 0.29) is 35.9 Å². The van der Waals surface area contributed by atoms with E-state index < -0.39 is 9.84 Å². The average Bonchev–Trinajstić information content (AvgIpc) is 3.36. The lowest BCUT2D eigenvalue weighted by molar-refractivity contribution is -0.121. The zero-order chi connectivity index (χ0) is 18.9. The number of sulfone groups is 1. The summed E-state index contributed by atoms with van der Waals surface area (Å²) in [5.74, 6) is -0.0121. The second-order valence-corrected chi connectivity index (χ2v) is 10.1. The summed E-state index contributed by atoms with van der Waals surface area (Å²) in [6, 6.07) is 3.34. The van der Waals surface area contributed by atoms with Gasteiger partial charge in [0.1, 0.15) is 5.01 Å². The van der Waals surface area contributed by atoms with Crippen LogP contribution < -0.4 is 5.32 Å². The average molecular weight is 407 g/mol. The Kier molecular flexibility index (Phi) is 5.25. The fourth-order valence-corrected chi connectivity index (χ4v) is 6.60. The zero-order valence-corrected chi connectivity index (χ0v) is 16.5. The van der Waals surface area contributed by atoms with Crippen molar-refractivity contribution in [2.24, 2.45) is 0 Å². The first-order chi connectivity index (χ1) is 13.0. The number of nitrogens with zero attached hydrogens (tertiary/aromatic N) is 3. The number of carbonyl (C=O) groups is 1. The van der Waals surface area contributed by atoms with Gasteiger partial charge in [0.2, 0.25) is 5.91 Å². The molecule has 2 unspecified atom stereocenters. The molecule has 1 amide bonds. The van der Waals surface area contributed by atoms with Crippen molar-refractivity contribution >= 4 is 27.1 Å². The Balaban J connectivity index is 1.40. The molecule has 0 bridgehead atoms. The third-order valence-electron chi connectivity index (χ3n) is 5.08. The van der Waals surface area contributed by atoms with Gasteiger partial charge in [0.15, 0.2) is 9.84 Å². The SMILES string of the molecule is O=C(Cc1csc(-c2cccnc2)n1)NC1CS(=O)(=O)CC1N1CCCC1. The third kappa shape index (κ3) is 4.36. The number of aromatic nitrogens is 2. The first-order valence-corrected chi connectivity index (χ1v) is 11.8. The predicted molar refractivity (Wildman–Crippen MR) is 104 cm³/mol. The van der Waals surface area contributed by atoms with Gasteiger partial charge in [0.25, 0.3) is 0 Å². The highest BCUT2D eigenvalue weighted by Gasteiger charge is 2.42. The summed E-state index contributed by atoms with van der Waals surface area (Å²) in [5, 5.41) is 5.64. The van der Waals surface area contributed by atoms with Crippen LogP contribution >= 0.6 is 11.3 Å². The molecule has 0 spiro atoms. The minimum Gasteiger partial charge on any atom is -0.350 e. The topological polar surface area (TPSA) is 92.3 Å². The van der Waals surface area contributed by atoms with Crippen LogP contribution in [0.25, 0.3) is 10.6 Å². The number of hydrogen-bond acceptors (Lipinski definition) is 7. The van der Waals surface area contributed by atoms with Crippen LogP contribution in [-0.2, 0) is 21.1 Å². The Morgan fingerprint density at radius 2 is 2.11 bits per heavy atom. The number of amides is 1. The molecule has 2 aliphatic heterocycles. The number of carbonyl (C=O) groups excluding carboxylic acids is 1. The van der Waals surface area contributed by atoms with E-state index in [0.717, 1.165) is 36.5 Å². The van der Waals surface area contributed by atoms with Gasteiger partial charge < -0.3 is 5.32 Å². The van der Waals surface area contributed by atoms with Crippen molar-refractivity contribution in [2.45, 2.75) is 31.3 Å². The first-order valence-electron chi connectivity index (χ1n) is 9.09. The van der Waals surface area contributed by atoms with E-state index in [4.69, 9.17) is 0 Å². The van der Waals surface area contributed by atoms with Crippen LogP contribution in [0.3, 0.4) is 0 Å². The van der Waals surface area contributed by atoms with Crippen molar-refractivity contribution in [3.8, 4) is 10.6 Å². The highest BCUT2D eigenvalue weighted by molar-refractivity contribution is 7.91. The van der Waals surface area contributed by atoms with Gasteiger partial charge in [-0.1, -0.05) is 0 Å². The lowest BCUT2D eigenvalue weighted by Crippen LogP contribution is -2.50. The number of thiazole rings is 1. The van der Waals surface area contributed by atoms with Gasteiger partial charge in [0.05, 0.1) is 29.7 Å². The maximum atomic E-state index is 12.5. The molecule has 2 fully saturated rings. The van der Waals surface area contributed by atoms with E-state index in [1.165, 1.54) is 11.3 Å². The summed E-state index contributed by atoms with van der Waals surface area (Å²) < 4.78 is 24.2. The molecule has 0 aliphatic carbocycles. The lowest BCUT2D eigenvalue weighted by Gasteiger charge is -2.28. The molecule has 2 aromatic rings. The summed E-state index contributed by atoms with van der Waals surface area (Å²) in [6.07, 6.45) is 5.78. The van der Waals surface area contributed by atoms with E-state index >= 15 is 0 Å². The van der Waals surface area contributed by atoms with Crippen LogP contribution in [0.5, 0.6) is 0 Å². The molecule has 4 rings (SSSR count). The number of likely N-dealkylation sites (tertiary alicyclic amines) is 1. The summed E-state index contributed by atoms with van der Waals surface area (Å²) >= 11 is 1.47. The lowest BCUT2D eigenvalue weighted by atomic mass is 10.1. The van der Waals surface area contributed by atoms with Crippen molar-refractivity contribution < 1.29 is 13.2 Å². The Morgan fingerprint density at radius 3 is 2.85 bits per heavy atom. The molecule has 4 heterocycles. The smallest absolute Gasteiger partial charge is 0.226 e. The maximum Gasteiger partial charge on any atom is 0.226 e. The van der Waals surface area contributed by atoms with Gasteiger partial charge in [-0.3, -0.25) is 14.7 Å². The quantitative estimate of drug-likeness (QED) is 0.800. The molecule has 2 atom stereocenters. The maximum absolute atomic E-state index is 12.5. The summed E-state index contributed by atoms with van der Waals surface area (Å²) in [4.78, 5) is 23.3. The van der Waals surface area contributed by atoms with Crippen LogP contribution in [0.2, 0.25) is 0 Å². The van der Waals surface area contributed by atoms with Crippen molar-refractivity contribution in [3.63, 3.8) is 0 Å². The van der Waals surface area contributed by atoms with Crippen LogP contribution in [-0.4, -0.2) is 65.9 Å². The minimum atomic E-state index is -3.11. The van der Waals surface area contributed by atoms with Crippen molar-refractivity contribution in [1.29, 1.82) is 0 Å². The van der Waals surface area contributed by atoms with Crippen LogP contribution in [0.4, 0.5) is 0 Å². The van der Waals surface area contributed by atoms with Gasteiger partial charge in [0, 0.05) is 29.4 Å². The normalized spacial score (nSPS) is 24.9.